The molecule has 138 valence electrons. The number of nitrogens with zero attached hydrogens (tertiary/aromatic N) is 5. The summed E-state index contributed by atoms with van der Waals surface area (Å²) in [6, 6.07) is 12.9. The topological polar surface area (TPSA) is 35.5 Å². The molecule has 1 aromatic heterocycles. The van der Waals surface area contributed by atoms with Crippen LogP contribution in [0.25, 0.3) is 11.0 Å². The van der Waals surface area contributed by atoms with Crippen LogP contribution in [0.2, 0.25) is 0 Å². The average Bonchev–Trinajstić information content (AvgIpc) is 2.66. The van der Waals surface area contributed by atoms with Gasteiger partial charge in [0.05, 0.1) is 17.6 Å². The third kappa shape index (κ3) is 2.69. The van der Waals surface area contributed by atoms with Gasteiger partial charge in [-0.2, -0.15) is 0 Å². The summed E-state index contributed by atoms with van der Waals surface area (Å²) >= 11 is 0. The molecule has 2 aromatic carbocycles. The maximum atomic E-state index is 4.94. The van der Waals surface area contributed by atoms with Gasteiger partial charge in [-0.3, -0.25) is 0 Å². The Morgan fingerprint density at radius 2 is 1.48 bits per heavy atom. The van der Waals surface area contributed by atoms with Crippen LogP contribution in [0.1, 0.15) is 23.2 Å². The predicted octanol–water partition coefficient (Wildman–Crippen LogP) is 3.60. The van der Waals surface area contributed by atoms with Crippen LogP contribution in [0.3, 0.4) is 0 Å². The molecule has 3 heterocycles. The van der Waals surface area contributed by atoms with Crippen LogP contribution < -0.4 is 14.7 Å². The summed E-state index contributed by atoms with van der Waals surface area (Å²) in [7, 11) is 6.50. The van der Waals surface area contributed by atoms with Gasteiger partial charge in [0.25, 0.3) is 0 Å². The van der Waals surface area contributed by atoms with Crippen LogP contribution >= 0.6 is 0 Å². The van der Waals surface area contributed by atoms with Crippen molar-refractivity contribution in [3.8, 4) is 0 Å². The van der Waals surface area contributed by atoms with E-state index in [-0.39, 0.29) is 0 Å². The van der Waals surface area contributed by atoms with E-state index < -0.39 is 0 Å². The van der Waals surface area contributed by atoms with Crippen molar-refractivity contribution < 1.29 is 0 Å². The van der Waals surface area contributed by atoms with E-state index in [0.29, 0.717) is 0 Å². The first-order valence-corrected chi connectivity index (χ1v) is 9.65. The average molecular weight is 359 g/mol. The smallest absolute Gasteiger partial charge is 0.153 e. The SMILES string of the molecule is CN1CCCc2cc3c(cc21)CN(C)c1nc2ccccc2nc1CN3C. The molecule has 2 aliphatic rings. The number of fused-ring (bicyclic) bond motifs is 4. The number of aryl methyl sites for hydroxylation is 1. The zero-order chi connectivity index (χ0) is 18.5. The lowest BCUT2D eigenvalue weighted by molar-refractivity contribution is 0.737. The molecule has 0 unspecified atom stereocenters. The second kappa shape index (κ2) is 6.12. The summed E-state index contributed by atoms with van der Waals surface area (Å²) in [6.45, 7) is 2.73. The summed E-state index contributed by atoms with van der Waals surface area (Å²) in [6.07, 6.45) is 2.39. The highest BCUT2D eigenvalue weighted by Crippen LogP contribution is 2.36. The molecule has 0 saturated heterocycles. The maximum Gasteiger partial charge on any atom is 0.153 e. The van der Waals surface area contributed by atoms with E-state index in [9.17, 15) is 0 Å². The minimum atomic E-state index is 0.763. The molecule has 0 amide bonds. The lowest BCUT2D eigenvalue weighted by Gasteiger charge is -2.34. The molecule has 2 aliphatic heterocycles. The number of rotatable bonds is 0. The van der Waals surface area contributed by atoms with E-state index in [4.69, 9.17) is 9.97 Å². The van der Waals surface area contributed by atoms with Crippen LogP contribution in [0.5, 0.6) is 0 Å². The Morgan fingerprint density at radius 3 is 2.30 bits per heavy atom. The van der Waals surface area contributed by atoms with Crippen molar-refractivity contribution >= 4 is 28.2 Å². The Hall–Kier alpha value is -2.82. The van der Waals surface area contributed by atoms with Crippen LogP contribution in [-0.4, -0.2) is 37.7 Å². The van der Waals surface area contributed by atoms with Crippen LogP contribution in [0.15, 0.2) is 36.4 Å². The number of hydrogen-bond acceptors (Lipinski definition) is 5. The Labute approximate surface area is 160 Å². The Balaban J connectivity index is 1.64. The van der Waals surface area contributed by atoms with Gasteiger partial charge in [-0.1, -0.05) is 12.1 Å². The first-order valence-electron chi connectivity index (χ1n) is 9.65. The molecule has 0 aliphatic carbocycles. The number of benzene rings is 2. The first-order chi connectivity index (χ1) is 13.1. The quantitative estimate of drug-likeness (QED) is 0.613. The molecule has 3 aromatic rings. The number of para-hydroxylation sites is 2. The van der Waals surface area contributed by atoms with Gasteiger partial charge in [0, 0.05) is 45.6 Å². The van der Waals surface area contributed by atoms with E-state index in [1.165, 1.54) is 28.9 Å². The fraction of sp³-hybridized carbons (Fsp3) is 0.364. The lowest BCUT2D eigenvalue weighted by atomic mass is 9.97. The molecule has 5 nitrogen and oxygen atoms in total. The largest absolute Gasteiger partial charge is 0.374 e. The third-order valence-electron chi connectivity index (χ3n) is 5.82. The summed E-state index contributed by atoms with van der Waals surface area (Å²) in [5.41, 5.74) is 8.47. The van der Waals surface area contributed by atoms with Crippen LogP contribution in [0.4, 0.5) is 17.2 Å². The lowest BCUT2D eigenvalue weighted by Crippen LogP contribution is -2.30. The van der Waals surface area contributed by atoms with E-state index in [1.807, 2.05) is 24.3 Å². The fourth-order valence-electron chi connectivity index (χ4n) is 4.41. The van der Waals surface area contributed by atoms with E-state index in [1.54, 1.807) is 0 Å². The van der Waals surface area contributed by atoms with Gasteiger partial charge >= 0.3 is 0 Å². The molecular weight excluding hydrogens is 334 g/mol. The monoisotopic (exact) mass is 359 g/mol. The molecule has 0 spiro atoms. The minimum Gasteiger partial charge on any atom is -0.374 e. The standard InChI is InChI=1S/C22H25N5/c1-25-10-6-7-15-11-21-16(12-20(15)25)13-27(3)22-19(14-26(21)2)23-17-8-4-5-9-18(17)24-22/h4-5,8-9,11-12H,6-7,10,13-14H2,1-3H3. The van der Waals surface area contributed by atoms with Crippen molar-refractivity contribution in [2.45, 2.75) is 25.9 Å². The van der Waals surface area contributed by atoms with Crippen LogP contribution in [0, 0.1) is 0 Å². The molecule has 0 fully saturated rings. The summed E-state index contributed by atoms with van der Waals surface area (Å²) in [5, 5.41) is 0. The van der Waals surface area contributed by atoms with Gasteiger partial charge in [0.15, 0.2) is 5.82 Å². The Bertz CT molecular complexity index is 1030. The van der Waals surface area contributed by atoms with Crippen molar-refractivity contribution in [1.82, 2.24) is 9.97 Å². The van der Waals surface area contributed by atoms with E-state index in [0.717, 1.165) is 48.6 Å². The maximum absolute atomic E-state index is 4.94. The van der Waals surface area contributed by atoms with E-state index in [2.05, 4.69) is 48.0 Å². The normalized spacial score (nSPS) is 16.5. The Kier molecular flexibility index (Phi) is 3.71. The van der Waals surface area contributed by atoms with Gasteiger partial charge in [-0.25, -0.2) is 9.97 Å². The third-order valence-corrected chi connectivity index (χ3v) is 5.82. The zero-order valence-electron chi connectivity index (χ0n) is 16.2. The number of aromatic nitrogens is 2. The molecule has 27 heavy (non-hydrogen) atoms. The second-order valence-corrected chi connectivity index (χ2v) is 7.83. The van der Waals surface area contributed by atoms with Gasteiger partial charge in [0.1, 0.15) is 5.69 Å². The predicted molar refractivity (Wildman–Crippen MR) is 112 cm³/mol. The molecule has 0 saturated carbocycles. The zero-order valence-corrected chi connectivity index (χ0v) is 16.2. The van der Waals surface area contributed by atoms with Crippen molar-refractivity contribution in [2.75, 3.05) is 42.4 Å². The highest BCUT2D eigenvalue weighted by atomic mass is 15.2. The molecule has 0 N–H and O–H groups in total. The van der Waals surface area contributed by atoms with Gasteiger partial charge in [-0.15, -0.1) is 0 Å². The minimum absolute atomic E-state index is 0.763. The number of hydrogen-bond donors (Lipinski definition) is 0. The molecule has 0 atom stereocenters. The fourth-order valence-corrected chi connectivity index (χ4v) is 4.41. The molecule has 5 rings (SSSR count). The summed E-state index contributed by atoms with van der Waals surface area (Å²) in [4.78, 5) is 16.8. The van der Waals surface area contributed by atoms with Crippen molar-refractivity contribution in [1.29, 1.82) is 0 Å². The summed E-state index contributed by atoms with van der Waals surface area (Å²) in [5.74, 6) is 0.984. The van der Waals surface area contributed by atoms with Gasteiger partial charge < -0.3 is 14.7 Å². The molecule has 0 radical (unpaired) electrons. The molecule has 5 heteroatoms. The van der Waals surface area contributed by atoms with E-state index >= 15 is 0 Å². The highest BCUT2D eigenvalue weighted by Gasteiger charge is 2.24. The van der Waals surface area contributed by atoms with Gasteiger partial charge in [-0.05, 0) is 48.2 Å². The Morgan fingerprint density at radius 1 is 0.778 bits per heavy atom. The highest BCUT2D eigenvalue weighted by molar-refractivity contribution is 5.77. The van der Waals surface area contributed by atoms with Crippen LogP contribution in [-0.2, 0) is 19.5 Å². The van der Waals surface area contributed by atoms with Crippen molar-refractivity contribution in [3.63, 3.8) is 0 Å². The second-order valence-electron chi connectivity index (χ2n) is 7.83. The molecular formula is C22H25N5. The van der Waals surface area contributed by atoms with Crippen molar-refractivity contribution in [2.24, 2.45) is 0 Å². The van der Waals surface area contributed by atoms with Gasteiger partial charge in [0.2, 0.25) is 0 Å². The summed E-state index contributed by atoms with van der Waals surface area (Å²) < 4.78 is 0. The van der Waals surface area contributed by atoms with Crippen molar-refractivity contribution in [3.05, 3.63) is 53.2 Å². The molecule has 0 bridgehead atoms. The number of anilines is 3. The first kappa shape index (κ1) is 16.4.